The number of ether oxygens (including phenoxy) is 1. The van der Waals surface area contributed by atoms with Crippen molar-refractivity contribution in [1.29, 1.82) is 0 Å². The first-order valence-electron chi connectivity index (χ1n) is 6.53. The van der Waals surface area contributed by atoms with Gasteiger partial charge in [-0.1, -0.05) is 0 Å². The van der Waals surface area contributed by atoms with Gasteiger partial charge in [0.1, 0.15) is 5.75 Å². The summed E-state index contributed by atoms with van der Waals surface area (Å²) in [7, 11) is 1.67. The van der Waals surface area contributed by atoms with Crippen LogP contribution in [0.1, 0.15) is 17.0 Å². The number of rotatable bonds is 3. The molecule has 0 fully saturated rings. The molecule has 1 aromatic carbocycles. The smallest absolute Gasteiger partial charge is 0.121 e. The number of hydrogen-bond acceptors (Lipinski definition) is 2. The number of fused-ring (bicyclic) bond motifs is 1. The lowest BCUT2D eigenvalue weighted by molar-refractivity contribution is 0.415. The van der Waals surface area contributed by atoms with Crippen molar-refractivity contribution in [3.05, 3.63) is 47.4 Å². The van der Waals surface area contributed by atoms with Gasteiger partial charge in [0.2, 0.25) is 0 Å². The highest BCUT2D eigenvalue weighted by Gasteiger charge is 2.05. The van der Waals surface area contributed by atoms with Crippen LogP contribution >= 0.6 is 0 Å². The molecule has 2 heterocycles. The van der Waals surface area contributed by atoms with Gasteiger partial charge >= 0.3 is 0 Å². The Morgan fingerprint density at radius 3 is 2.75 bits per heavy atom. The molecule has 3 aromatic rings. The fraction of sp³-hybridized carbons (Fsp3) is 0.188. The van der Waals surface area contributed by atoms with Crippen LogP contribution in [-0.2, 0) is 0 Å². The third-order valence-corrected chi connectivity index (χ3v) is 3.37. The van der Waals surface area contributed by atoms with Gasteiger partial charge < -0.3 is 14.7 Å². The molecule has 4 nitrogen and oxygen atoms in total. The van der Waals surface area contributed by atoms with Crippen LogP contribution in [-0.4, -0.2) is 23.3 Å². The normalized spacial score (nSPS) is 11.6. The van der Waals surface area contributed by atoms with E-state index in [0.29, 0.717) is 0 Å². The van der Waals surface area contributed by atoms with Gasteiger partial charge in [-0.3, -0.25) is 4.99 Å². The van der Waals surface area contributed by atoms with Gasteiger partial charge in [0.25, 0.3) is 0 Å². The van der Waals surface area contributed by atoms with Gasteiger partial charge in [-0.15, -0.1) is 0 Å². The molecule has 0 bridgehead atoms. The van der Waals surface area contributed by atoms with E-state index in [2.05, 4.69) is 28.0 Å². The molecule has 0 unspecified atom stereocenters. The van der Waals surface area contributed by atoms with Crippen molar-refractivity contribution >= 4 is 22.8 Å². The van der Waals surface area contributed by atoms with E-state index in [-0.39, 0.29) is 0 Å². The number of aromatic amines is 2. The van der Waals surface area contributed by atoms with E-state index in [4.69, 9.17) is 4.74 Å². The van der Waals surface area contributed by atoms with E-state index in [1.165, 1.54) is 5.56 Å². The number of nitrogens with one attached hydrogen (secondary N) is 2. The topological polar surface area (TPSA) is 53.2 Å². The summed E-state index contributed by atoms with van der Waals surface area (Å²) in [6.07, 6.45) is 3.77. The average molecular weight is 267 g/mol. The van der Waals surface area contributed by atoms with Crippen molar-refractivity contribution in [2.45, 2.75) is 13.8 Å². The SMILES string of the molecule is COc1cc(N=Cc2[nH]c(C)cc2C)c2[nH]ccc2c1. The molecule has 3 rings (SSSR count). The number of methoxy groups -OCH3 is 1. The van der Waals surface area contributed by atoms with Gasteiger partial charge in [-0.05, 0) is 37.6 Å². The Labute approximate surface area is 117 Å². The maximum Gasteiger partial charge on any atom is 0.121 e. The standard InChI is InChI=1S/C16H17N3O/c1-10-6-11(2)19-15(10)9-18-14-8-13(20-3)7-12-4-5-17-16(12)14/h4-9,17,19H,1-3H3. The summed E-state index contributed by atoms with van der Waals surface area (Å²) in [5, 5.41) is 1.09. The maximum absolute atomic E-state index is 5.32. The second-order valence-corrected chi connectivity index (χ2v) is 4.90. The Morgan fingerprint density at radius 2 is 2.05 bits per heavy atom. The lowest BCUT2D eigenvalue weighted by Crippen LogP contribution is -1.86. The largest absolute Gasteiger partial charge is 0.497 e. The van der Waals surface area contributed by atoms with Crippen LogP contribution in [0.3, 0.4) is 0 Å². The average Bonchev–Trinajstić information content (AvgIpc) is 3.02. The quantitative estimate of drug-likeness (QED) is 0.695. The minimum absolute atomic E-state index is 0.809. The molecule has 0 saturated carbocycles. The molecule has 0 aliphatic heterocycles. The molecule has 102 valence electrons. The molecule has 0 spiro atoms. The number of H-pyrrole nitrogens is 2. The number of nitrogens with zero attached hydrogens (tertiary/aromatic N) is 1. The zero-order chi connectivity index (χ0) is 14.1. The molecule has 0 atom stereocenters. The number of hydrogen-bond donors (Lipinski definition) is 2. The summed E-state index contributed by atoms with van der Waals surface area (Å²) >= 11 is 0. The van der Waals surface area contributed by atoms with Crippen molar-refractivity contribution in [2.75, 3.05) is 7.11 Å². The molecular weight excluding hydrogens is 250 g/mol. The molecule has 2 aromatic heterocycles. The lowest BCUT2D eigenvalue weighted by atomic mass is 10.2. The summed E-state index contributed by atoms with van der Waals surface area (Å²) in [6.45, 7) is 4.11. The summed E-state index contributed by atoms with van der Waals surface area (Å²) in [5.74, 6) is 0.809. The fourth-order valence-electron chi connectivity index (χ4n) is 2.36. The maximum atomic E-state index is 5.32. The Balaban J connectivity index is 2.05. The van der Waals surface area contributed by atoms with Crippen molar-refractivity contribution in [3.8, 4) is 5.75 Å². The van der Waals surface area contributed by atoms with E-state index in [1.54, 1.807) is 7.11 Å². The van der Waals surface area contributed by atoms with E-state index in [0.717, 1.165) is 33.7 Å². The second-order valence-electron chi connectivity index (χ2n) is 4.90. The Kier molecular flexibility index (Phi) is 3.06. The molecule has 4 heteroatoms. The number of aliphatic imine (C=N–C) groups is 1. The van der Waals surface area contributed by atoms with Crippen molar-refractivity contribution < 1.29 is 4.74 Å². The van der Waals surface area contributed by atoms with Crippen LogP contribution in [0.5, 0.6) is 5.75 Å². The van der Waals surface area contributed by atoms with Crippen LogP contribution in [0.15, 0.2) is 35.5 Å². The molecule has 0 amide bonds. The second kappa shape index (κ2) is 4.89. The minimum Gasteiger partial charge on any atom is -0.497 e. The summed E-state index contributed by atoms with van der Waals surface area (Å²) in [5.41, 5.74) is 5.25. The minimum atomic E-state index is 0.809. The highest BCUT2D eigenvalue weighted by molar-refractivity contribution is 5.94. The molecule has 0 saturated heterocycles. The number of aromatic nitrogens is 2. The van der Waals surface area contributed by atoms with Crippen LogP contribution in [0, 0.1) is 13.8 Å². The van der Waals surface area contributed by atoms with Crippen LogP contribution in [0.25, 0.3) is 10.9 Å². The zero-order valence-electron chi connectivity index (χ0n) is 11.8. The van der Waals surface area contributed by atoms with E-state index >= 15 is 0 Å². The van der Waals surface area contributed by atoms with E-state index in [9.17, 15) is 0 Å². The molecular formula is C16H17N3O. The van der Waals surface area contributed by atoms with E-state index in [1.807, 2.05) is 37.5 Å². The predicted molar refractivity (Wildman–Crippen MR) is 82.4 cm³/mol. The monoisotopic (exact) mass is 267 g/mol. The Morgan fingerprint density at radius 1 is 1.20 bits per heavy atom. The van der Waals surface area contributed by atoms with Gasteiger partial charge in [-0.25, -0.2) is 0 Å². The van der Waals surface area contributed by atoms with Crippen molar-refractivity contribution in [2.24, 2.45) is 4.99 Å². The van der Waals surface area contributed by atoms with Gasteiger partial charge in [0.15, 0.2) is 0 Å². The van der Waals surface area contributed by atoms with Crippen molar-refractivity contribution in [1.82, 2.24) is 9.97 Å². The van der Waals surface area contributed by atoms with Crippen LogP contribution in [0.2, 0.25) is 0 Å². The summed E-state index contributed by atoms with van der Waals surface area (Å²) in [6, 6.07) is 8.05. The Hall–Kier alpha value is -2.49. The molecule has 0 aliphatic rings. The highest BCUT2D eigenvalue weighted by Crippen LogP contribution is 2.30. The van der Waals surface area contributed by atoms with Crippen LogP contribution in [0.4, 0.5) is 5.69 Å². The number of aryl methyl sites for hydroxylation is 2. The molecule has 0 radical (unpaired) electrons. The van der Waals surface area contributed by atoms with Gasteiger partial charge in [-0.2, -0.15) is 0 Å². The third kappa shape index (κ3) is 2.20. The fourth-order valence-corrected chi connectivity index (χ4v) is 2.36. The first-order chi connectivity index (χ1) is 9.67. The first kappa shape index (κ1) is 12.5. The van der Waals surface area contributed by atoms with Crippen molar-refractivity contribution in [3.63, 3.8) is 0 Å². The zero-order valence-corrected chi connectivity index (χ0v) is 11.8. The highest BCUT2D eigenvalue weighted by atomic mass is 16.5. The number of benzene rings is 1. The molecule has 2 N–H and O–H groups in total. The Bertz CT molecular complexity index is 780. The van der Waals surface area contributed by atoms with E-state index < -0.39 is 0 Å². The first-order valence-corrected chi connectivity index (χ1v) is 6.53. The summed E-state index contributed by atoms with van der Waals surface area (Å²) in [4.78, 5) is 11.1. The third-order valence-electron chi connectivity index (χ3n) is 3.37. The summed E-state index contributed by atoms with van der Waals surface area (Å²) < 4.78 is 5.32. The molecule has 20 heavy (non-hydrogen) atoms. The molecule has 0 aliphatic carbocycles. The van der Waals surface area contributed by atoms with Crippen LogP contribution < -0.4 is 4.74 Å². The van der Waals surface area contributed by atoms with Gasteiger partial charge in [0, 0.05) is 23.3 Å². The predicted octanol–water partition coefficient (Wildman–Crippen LogP) is 3.87. The lowest BCUT2D eigenvalue weighted by Gasteiger charge is -2.03. The van der Waals surface area contributed by atoms with Gasteiger partial charge in [0.05, 0.1) is 30.2 Å².